The monoisotopic (exact) mass is 427 g/mol. The van der Waals surface area contributed by atoms with Gasteiger partial charge in [0.05, 0.1) is 33.8 Å². The second-order valence-corrected chi connectivity index (χ2v) is 7.42. The highest BCUT2D eigenvalue weighted by Crippen LogP contribution is 2.23. The maximum Gasteiger partial charge on any atom is 0.244 e. The molecule has 27 heavy (non-hydrogen) atoms. The minimum atomic E-state index is -0.314. The topological polar surface area (TPSA) is 52.7 Å². The molecule has 0 aliphatic rings. The minimum absolute atomic E-state index is 0.0648. The molecule has 2 amide bonds. The van der Waals surface area contributed by atoms with Crippen molar-refractivity contribution in [3.63, 3.8) is 0 Å². The molecule has 0 aliphatic heterocycles. The number of carbonyl (C=O) groups is 2. The molecule has 0 spiro atoms. The van der Waals surface area contributed by atoms with Crippen LogP contribution in [0.5, 0.6) is 0 Å². The van der Waals surface area contributed by atoms with Crippen LogP contribution in [0.1, 0.15) is 5.56 Å². The Hall–Kier alpha value is -1.79. The Morgan fingerprint density at radius 1 is 0.926 bits per heavy atom. The Bertz CT molecular complexity index is 830. The Morgan fingerprint density at radius 3 is 2.30 bits per heavy atom. The molecule has 2 rings (SSSR count). The van der Waals surface area contributed by atoms with Crippen LogP contribution in [-0.2, 0) is 16.1 Å². The van der Waals surface area contributed by atoms with Gasteiger partial charge in [0, 0.05) is 13.6 Å². The molecule has 5 nitrogen and oxygen atoms in total. The third kappa shape index (κ3) is 6.70. The number of para-hydroxylation sites is 1. The van der Waals surface area contributed by atoms with Gasteiger partial charge in [0.15, 0.2) is 0 Å². The molecule has 0 atom stereocenters. The smallest absolute Gasteiger partial charge is 0.244 e. The van der Waals surface area contributed by atoms with Gasteiger partial charge in [-0.15, -0.1) is 0 Å². The summed E-state index contributed by atoms with van der Waals surface area (Å²) in [6.45, 7) is 0.628. The molecular weight excluding hydrogens is 409 g/mol. The average molecular weight is 429 g/mol. The molecular formula is C19H20Cl3N3O2. The first-order valence-corrected chi connectivity index (χ1v) is 9.30. The minimum Gasteiger partial charge on any atom is -0.335 e. The van der Waals surface area contributed by atoms with Crippen molar-refractivity contribution < 1.29 is 9.59 Å². The lowest BCUT2D eigenvalue weighted by Gasteiger charge is -2.22. The summed E-state index contributed by atoms with van der Waals surface area (Å²) in [6, 6.07) is 12.3. The van der Waals surface area contributed by atoms with Gasteiger partial charge < -0.3 is 10.2 Å². The van der Waals surface area contributed by atoms with Crippen LogP contribution >= 0.6 is 34.8 Å². The first-order chi connectivity index (χ1) is 12.8. The molecule has 0 saturated carbocycles. The van der Waals surface area contributed by atoms with Crippen molar-refractivity contribution in [1.82, 2.24) is 9.80 Å². The first kappa shape index (κ1) is 21.5. The van der Waals surface area contributed by atoms with Gasteiger partial charge >= 0.3 is 0 Å². The maximum absolute atomic E-state index is 12.4. The van der Waals surface area contributed by atoms with E-state index >= 15 is 0 Å². The lowest BCUT2D eigenvalue weighted by molar-refractivity contribution is -0.134. The van der Waals surface area contributed by atoms with Crippen LogP contribution in [0.15, 0.2) is 42.5 Å². The van der Waals surface area contributed by atoms with E-state index in [0.29, 0.717) is 27.3 Å². The summed E-state index contributed by atoms with van der Waals surface area (Å²) in [7, 11) is 3.40. The van der Waals surface area contributed by atoms with E-state index in [-0.39, 0.29) is 24.9 Å². The number of nitrogens with one attached hydrogen (secondary N) is 1. The lowest BCUT2D eigenvalue weighted by atomic mass is 10.2. The normalized spacial score (nSPS) is 10.7. The van der Waals surface area contributed by atoms with E-state index in [4.69, 9.17) is 34.8 Å². The van der Waals surface area contributed by atoms with Crippen LogP contribution in [0, 0.1) is 0 Å². The van der Waals surface area contributed by atoms with Crippen molar-refractivity contribution in [3.8, 4) is 0 Å². The molecule has 1 N–H and O–H groups in total. The van der Waals surface area contributed by atoms with Gasteiger partial charge in [-0.2, -0.15) is 0 Å². The van der Waals surface area contributed by atoms with Gasteiger partial charge in [0.2, 0.25) is 11.8 Å². The number of benzene rings is 2. The van der Waals surface area contributed by atoms with Gasteiger partial charge in [-0.05, 0) is 36.9 Å². The Kier molecular flexibility index (Phi) is 7.92. The van der Waals surface area contributed by atoms with E-state index in [0.717, 1.165) is 5.56 Å². The Labute approximate surface area is 173 Å². The zero-order chi connectivity index (χ0) is 20.0. The summed E-state index contributed by atoms with van der Waals surface area (Å²) in [6.07, 6.45) is 0. The molecule has 0 aromatic heterocycles. The third-order valence-electron chi connectivity index (χ3n) is 3.80. The highest BCUT2D eigenvalue weighted by molar-refractivity contribution is 6.42. The number of hydrogen-bond acceptors (Lipinski definition) is 3. The van der Waals surface area contributed by atoms with E-state index < -0.39 is 0 Å². The van der Waals surface area contributed by atoms with Crippen LogP contribution in [0.4, 0.5) is 5.69 Å². The summed E-state index contributed by atoms with van der Waals surface area (Å²) >= 11 is 17.9. The summed E-state index contributed by atoms with van der Waals surface area (Å²) in [5.41, 5.74) is 1.46. The van der Waals surface area contributed by atoms with Crippen molar-refractivity contribution in [2.24, 2.45) is 0 Å². The molecule has 2 aromatic carbocycles. The van der Waals surface area contributed by atoms with E-state index in [1.54, 1.807) is 43.4 Å². The fourth-order valence-electron chi connectivity index (χ4n) is 2.41. The van der Waals surface area contributed by atoms with Crippen molar-refractivity contribution in [1.29, 1.82) is 0 Å². The number of anilines is 1. The number of nitrogens with zero attached hydrogens (tertiary/aromatic N) is 2. The SMILES string of the molecule is CN(CC(=O)N(C)CC(=O)Nc1ccccc1Cl)Cc1ccc(Cl)c(Cl)c1. The molecule has 0 unspecified atom stereocenters. The highest BCUT2D eigenvalue weighted by atomic mass is 35.5. The van der Waals surface area contributed by atoms with Gasteiger partial charge in [0.25, 0.3) is 0 Å². The first-order valence-electron chi connectivity index (χ1n) is 8.17. The number of rotatable bonds is 7. The molecule has 0 saturated heterocycles. The largest absolute Gasteiger partial charge is 0.335 e. The van der Waals surface area contributed by atoms with Crippen molar-refractivity contribution >= 4 is 52.3 Å². The second-order valence-electron chi connectivity index (χ2n) is 6.20. The van der Waals surface area contributed by atoms with Gasteiger partial charge in [-0.25, -0.2) is 0 Å². The average Bonchev–Trinajstić information content (AvgIpc) is 2.60. The maximum atomic E-state index is 12.4. The predicted molar refractivity (Wildman–Crippen MR) is 111 cm³/mol. The lowest BCUT2D eigenvalue weighted by Crippen LogP contribution is -2.40. The number of likely N-dealkylation sites (N-methyl/N-ethyl adjacent to an activating group) is 2. The van der Waals surface area contributed by atoms with Crippen LogP contribution in [0.3, 0.4) is 0 Å². The summed E-state index contributed by atoms with van der Waals surface area (Å²) < 4.78 is 0. The van der Waals surface area contributed by atoms with E-state index in [1.807, 2.05) is 18.0 Å². The molecule has 0 heterocycles. The summed E-state index contributed by atoms with van der Waals surface area (Å²) in [4.78, 5) is 27.7. The molecule has 8 heteroatoms. The zero-order valence-electron chi connectivity index (χ0n) is 15.0. The fraction of sp³-hybridized carbons (Fsp3) is 0.263. The molecule has 0 radical (unpaired) electrons. The number of hydrogen-bond donors (Lipinski definition) is 1. The van der Waals surface area contributed by atoms with Crippen molar-refractivity contribution in [2.75, 3.05) is 32.5 Å². The third-order valence-corrected chi connectivity index (χ3v) is 4.86. The van der Waals surface area contributed by atoms with E-state index in [2.05, 4.69) is 5.32 Å². The quantitative estimate of drug-likeness (QED) is 0.720. The van der Waals surface area contributed by atoms with Crippen LogP contribution < -0.4 is 5.32 Å². The summed E-state index contributed by atoms with van der Waals surface area (Å²) in [5.74, 6) is -0.488. The van der Waals surface area contributed by atoms with E-state index in [1.165, 1.54) is 4.90 Å². The second kappa shape index (κ2) is 9.95. The summed E-state index contributed by atoms with van der Waals surface area (Å²) in [5, 5.41) is 4.10. The van der Waals surface area contributed by atoms with Gasteiger partial charge in [0.1, 0.15) is 0 Å². The van der Waals surface area contributed by atoms with Crippen molar-refractivity contribution in [2.45, 2.75) is 6.54 Å². The standard InChI is InChI=1S/C19H20Cl3N3O2/c1-24(10-13-7-8-14(20)16(22)9-13)12-19(27)25(2)11-18(26)23-17-6-4-3-5-15(17)21/h3-9H,10-12H2,1-2H3,(H,23,26). The highest BCUT2D eigenvalue weighted by Gasteiger charge is 2.16. The van der Waals surface area contributed by atoms with Gasteiger partial charge in [-0.3, -0.25) is 14.5 Å². The molecule has 0 fully saturated rings. The predicted octanol–water partition coefficient (Wildman–Crippen LogP) is 4.18. The number of amides is 2. The van der Waals surface area contributed by atoms with Crippen LogP contribution in [0.25, 0.3) is 0 Å². The molecule has 0 aliphatic carbocycles. The zero-order valence-corrected chi connectivity index (χ0v) is 17.3. The van der Waals surface area contributed by atoms with Crippen LogP contribution in [0.2, 0.25) is 15.1 Å². The Morgan fingerprint density at radius 2 is 1.63 bits per heavy atom. The number of carbonyl (C=O) groups excluding carboxylic acids is 2. The van der Waals surface area contributed by atoms with Crippen molar-refractivity contribution in [3.05, 3.63) is 63.1 Å². The van der Waals surface area contributed by atoms with E-state index in [9.17, 15) is 9.59 Å². The molecule has 2 aromatic rings. The number of halogens is 3. The molecule has 144 valence electrons. The van der Waals surface area contributed by atoms with Crippen LogP contribution in [-0.4, -0.2) is 48.8 Å². The fourth-order valence-corrected chi connectivity index (χ4v) is 2.92. The molecule has 0 bridgehead atoms. The van der Waals surface area contributed by atoms with Gasteiger partial charge in [-0.1, -0.05) is 53.0 Å². The Balaban J connectivity index is 1.84.